The quantitative estimate of drug-likeness (QED) is 0.348. The highest BCUT2D eigenvalue weighted by molar-refractivity contribution is 6.31. The van der Waals surface area contributed by atoms with Crippen LogP contribution in [0, 0.1) is 6.92 Å². The smallest absolute Gasteiger partial charge is 0.238 e. The van der Waals surface area contributed by atoms with Gasteiger partial charge < -0.3 is 35.0 Å². The molecule has 5 atom stereocenters. The van der Waals surface area contributed by atoms with Crippen molar-refractivity contribution in [3.05, 3.63) is 82.0 Å². The van der Waals surface area contributed by atoms with E-state index in [1.54, 1.807) is 36.4 Å². The van der Waals surface area contributed by atoms with Gasteiger partial charge in [-0.2, -0.15) is 5.10 Å². The van der Waals surface area contributed by atoms with Crippen LogP contribution < -0.4 is 4.74 Å². The van der Waals surface area contributed by atoms with E-state index >= 15 is 0 Å². The molecule has 0 bridgehead atoms. The molecule has 0 radical (unpaired) electrons. The highest BCUT2D eigenvalue weighted by Crippen LogP contribution is 2.38. The van der Waals surface area contributed by atoms with Crippen molar-refractivity contribution in [3.63, 3.8) is 0 Å². The number of ether oxygens (including phenoxy) is 2. The van der Waals surface area contributed by atoms with E-state index in [1.807, 2.05) is 19.1 Å². The minimum atomic E-state index is -2.35. The molecule has 0 unspecified atom stereocenters. The minimum absolute atomic E-state index is 0.127. The van der Waals surface area contributed by atoms with Crippen molar-refractivity contribution >= 4 is 11.6 Å². The van der Waals surface area contributed by atoms with E-state index in [1.165, 1.54) is 6.07 Å². The second kappa shape index (κ2) is 9.93. The molecule has 5 N–H and O–H groups in total. The lowest BCUT2D eigenvalue weighted by atomic mass is 9.87. The standard InChI is InChI=1S/C24H25ClN2O7/c1-13-2-9-20(27-26-13)33-17-6-3-14(4-7-17)10-15-11-16(5-8-18(15)25)24(32)23(31)22(30)21(29)19(12-28)34-24/h2-9,11,19,21-23,28-32H,10,12H2,1H3/t19-,21-,22+,23-,24-/m1/s1. The fraction of sp³-hybridized carbons (Fsp3) is 0.333. The molecule has 4 rings (SSSR count). The highest BCUT2D eigenvalue weighted by atomic mass is 35.5. The molecule has 0 spiro atoms. The molecule has 1 aliphatic heterocycles. The number of hydrogen-bond acceptors (Lipinski definition) is 9. The highest BCUT2D eigenvalue weighted by Gasteiger charge is 2.53. The first-order chi connectivity index (χ1) is 16.2. The summed E-state index contributed by atoms with van der Waals surface area (Å²) >= 11 is 6.37. The monoisotopic (exact) mass is 488 g/mol. The van der Waals surface area contributed by atoms with Gasteiger partial charge in [-0.25, -0.2) is 0 Å². The van der Waals surface area contributed by atoms with Gasteiger partial charge in [0.15, 0.2) is 0 Å². The number of rotatable bonds is 6. The molecule has 2 aromatic carbocycles. The molecule has 180 valence electrons. The van der Waals surface area contributed by atoms with Gasteiger partial charge in [0.05, 0.1) is 12.3 Å². The zero-order valence-electron chi connectivity index (χ0n) is 18.2. The van der Waals surface area contributed by atoms with Gasteiger partial charge >= 0.3 is 0 Å². The second-order valence-electron chi connectivity index (χ2n) is 8.20. The normalized spacial score (nSPS) is 26.9. The fourth-order valence-corrected chi connectivity index (χ4v) is 3.97. The zero-order chi connectivity index (χ0) is 24.5. The van der Waals surface area contributed by atoms with Crippen LogP contribution in [0.5, 0.6) is 11.6 Å². The first-order valence-electron chi connectivity index (χ1n) is 10.6. The summed E-state index contributed by atoms with van der Waals surface area (Å²) in [5, 5.41) is 59.4. The van der Waals surface area contributed by atoms with Gasteiger partial charge in [-0.15, -0.1) is 5.10 Å². The average Bonchev–Trinajstić information content (AvgIpc) is 2.84. The molecule has 0 aliphatic carbocycles. The van der Waals surface area contributed by atoms with Gasteiger partial charge in [0.1, 0.15) is 30.2 Å². The number of aliphatic hydroxyl groups is 5. The first-order valence-corrected chi connectivity index (χ1v) is 11.0. The molecular formula is C24H25ClN2O7. The molecule has 1 aromatic heterocycles. The Labute approximate surface area is 200 Å². The lowest BCUT2D eigenvalue weighted by Gasteiger charge is -2.45. The Hall–Kier alpha value is -2.63. The van der Waals surface area contributed by atoms with E-state index in [0.717, 1.165) is 11.3 Å². The maximum absolute atomic E-state index is 11.1. The summed E-state index contributed by atoms with van der Waals surface area (Å²) in [6.45, 7) is 1.18. The van der Waals surface area contributed by atoms with Gasteiger partial charge in [0.25, 0.3) is 0 Å². The Morgan fingerprint density at radius 1 is 1.00 bits per heavy atom. The summed E-state index contributed by atoms with van der Waals surface area (Å²) in [5.41, 5.74) is 2.43. The summed E-state index contributed by atoms with van der Waals surface area (Å²) in [5.74, 6) is -1.39. The van der Waals surface area contributed by atoms with E-state index in [0.29, 0.717) is 28.6 Å². The summed E-state index contributed by atoms with van der Waals surface area (Å²) in [4.78, 5) is 0. The summed E-state index contributed by atoms with van der Waals surface area (Å²) < 4.78 is 11.1. The van der Waals surface area contributed by atoms with Crippen molar-refractivity contribution in [2.75, 3.05) is 6.61 Å². The van der Waals surface area contributed by atoms with Crippen LogP contribution in [0.2, 0.25) is 5.02 Å². The van der Waals surface area contributed by atoms with E-state index in [9.17, 15) is 25.5 Å². The predicted octanol–water partition coefficient (Wildman–Crippen LogP) is 1.44. The lowest BCUT2D eigenvalue weighted by molar-refractivity contribution is -0.357. The van der Waals surface area contributed by atoms with Crippen LogP contribution in [0.15, 0.2) is 54.6 Å². The fourth-order valence-electron chi connectivity index (χ4n) is 3.78. The van der Waals surface area contributed by atoms with Crippen LogP contribution in [0.4, 0.5) is 0 Å². The van der Waals surface area contributed by atoms with Crippen molar-refractivity contribution in [3.8, 4) is 11.6 Å². The molecule has 1 saturated heterocycles. The molecule has 2 heterocycles. The van der Waals surface area contributed by atoms with Gasteiger partial charge in [0.2, 0.25) is 11.7 Å². The predicted molar refractivity (Wildman–Crippen MR) is 121 cm³/mol. The number of nitrogens with zero attached hydrogens (tertiary/aromatic N) is 2. The second-order valence-corrected chi connectivity index (χ2v) is 8.61. The molecule has 0 amide bonds. The number of halogens is 1. The van der Waals surface area contributed by atoms with E-state index < -0.39 is 36.8 Å². The maximum atomic E-state index is 11.1. The molecule has 1 aliphatic rings. The number of aromatic nitrogens is 2. The van der Waals surface area contributed by atoms with Crippen molar-refractivity contribution in [2.24, 2.45) is 0 Å². The summed E-state index contributed by atoms with van der Waals surface area (Å²) in [6.07, 6.45) is -6.02. The van der Waals surface area contributed by atoms with Crippen LogP contribution in [0.25, 0.3) is 0 Å². The molecule has 1 fully saturated rings. The van der Waals surface area contributed by atoms with Crippen LogP contribution in [0.3, 0.4) is 0 Å². The van der Waals surface area contributed by atoms with Crippen molar-refractivity contribution in [1.82, 2.24) is 10.2 Å². The van der Waals surface area contributed by atoms with Crippen LogP contribution >= 0.6 is 11.6 Å². The molecule has 3 aromatic rings. The SMILES string of the molecule is Cc1ccc(Oc2ccc(Cc3cc([C@@]4(O)O[C@H](CO)[C@@H](O)[C@H](O)[C@H]4O)ccc3Cl)cc2)nn1. The molecule has 0 saturated carbocycles. The van der Waals surface area contributed by atoms with E-state index in [2.05, 4.69) is 10.2 Å². The van der Waals surface area contributed by atoms with Crippen LogP contribution in [0.1, 0.15) is 22.4 Å². The number of hydrogen-bond donors (Lipinski definition) is 5. The summed E-state index contributed by atoms with van der Waals surface area (Å²) in [6, 6.07) is 15.3. The first kappa shape index (κ1) is 24.5. The van der Waals surface area contributed by atoms with Gasteiger partial charge in [0, 0.05) is 16.7 Å². The number of aliphatic hydroxyl groups excluding tert-OH is 4. The lowest BCUT2D eigenvalue weighted by Crippen LogP contribution is -2.63. The third-order valence-electron chi connectivity index (χ3n) is 5.74. The third kappa shape index (κ3) is 4.91. The minimum Gasteiger partial charge on any atom is -0.438 e. The largest absolute Gasteiger partial charge is 0.438 e. The third-order valence-corrected chi connectivity index (χ3v) is 6.11. The molecule has 34 heavy (non-hydrogen) atoms. The van der Waals surface area contributed by atoms with Gasteiger partial charge in [-0.05, 0) is 54.8 Å². The Balaban J connectivity index is 1.54. The Bertz CT molecular complexity index is 1130. The molecule has 10 heteroatoms. The Kier molecular flexibility index (Phi) is 7.15. The number of benzene rings is 2. The Morgan fingerprint density at radius 3 is 2.38 bits per heavy atom. The van der Waals surface area contributed by atoms with Crippen molar-refractivity contribution in [2.45, 2.75) is 43.5 Å². The van der Waals surface area contributed by atoms with Crippen molar-refractivity contribution in [1.29, 1.82) is 0 Å². The van der Waals surface area contributed by atoms with Crippen LogP contribution in [-0.2, 0) is 16.9 Å². The summed E-state index contributed by atoms with van der Waals surface area (Å²) in [7, 11) is 0. The van der Waals surface area contributed by atoms with Crippen LogP contribution in [-0.4, -0.2) is 66.8 Å². The maximum Gasteiger partial charge on any atom is 0.238 e. The Morgan fingerprint density at radius 2 is 1.74 bits per heavy atom. The topological polar surface area (TPSA) is 145 Å². The molecular weight excluding hydrogens is 464 g/mol. The van der Waals surface area contributed by atoms with E-state index in [4.69, 9.17) is 21.1 Å². The van der Waals surface area contributed by atoms with Gasteiger partial charge in [-0.3, -0.25) is 0 Å². The van der Waals surface area contributed by atoms with Gasteiger partial charge in [-0.1, -0.05) is 29.8 Å². The number of aryl methyl sites for hydroxylation is 1. The molecule has 9 nitrogen and oxygen atoms in total. The van der Waals surface area contributed by atoms with Crippen molar-refractivity contribution < 1.29 is 35.0 Å². The average molecular weight is 489 g/mol. The van der Waals surface area contributed by atoms with E-state index in [-0.39, 0.29) is 5.56 Å². The zero-order valence-corrected chi connectivity index (χ0v) is 19.0.